The maximum Gasteiger partial charge on any atom is 0.348 e. The first-order valence-electron chi connectivity index (χ1n) is 12.5. The molecule has 1 saturated heterocycles. The Kier molecular flexibility index (Phi) is 9.00. The largest absolute Gasteiger partial charge is 0.477 e. The highest BCUT2D eigenvalue weighted by Crippen LogP contribution is 2.35. The number of rotatable bonds is 6. The van der Waals surface area contributed by atoms with Gasteiger partial charge in [-0.15, -0.1) is 11.3 Å². The minimum atomic E-state index is -1.12. The molecule has 1 aliphatic heterocycles. The van der Waals surface area contributed by atoms with E-state index in [1.165, 1.54) is 4.90 Å². The molecule has 0 spiro atoms. The molecular weight excluding hydrogens is 464 g/mol. The molecule has 1 N–H and O–H groups in total. The molecule has 1 saturated carbocycles. The van der Waals surface area contributed by atoms with E-state index < -0.39 is 5.97 Å². The number of aromatic carboxylic acids is 1. The predicted molar refractivity (Wildman–Crippen MR) is 138 cm³/mol. The van der Waals surface area contributed by atoms with Crippen molar-refractivity contribution in [3.63, 3.8) is 0 Å². The maximum absolute atomic E-state index is 13.8. The first-order chi connectivity index (χ1) is 16.5. The lowest BCUT2D eigenvalue weighted by molar-refractivity contribution is -0.134. The lowest BCUT2D eigenvalue weighted by Gasteiger charge is -2.34. The van der Waals surface area contributed by atoms with E-state index in [9.17, 15) is 19.5 Å². The van der Waals surface area contributed by atoms with Crippen molar-refractivity contribution in [2.45, 2.75) is 72.3 Å². The van der Waals surface area contributed by atoms with Crippen molar-refractivity contribution >= 4 is 34.8 Å². The van der Waals surface area contributed by atoms with E-state index in [1.54, 1.807) is 18.0 Å². The summed E-state index contributed by atoms with van der Waals surface area (Å²) in [5, 5.41) is 9.95. The van der Waals surface area contributed by atoms with E-state index in [1.807, 2.05) is 20.8 Å². The minimum absolute atomic E-state index is 0.0438. The Balaban J connectivity index is 1.94. The number of carboxylic acids is 1. The van der Waals surface area contributed by atoms with Gasteiger partial charge >= 0.3 is 5.97 Å². The number of likely N-dealkylation sites (N-methyl/N-ethyl adjacent to an activating group) is 1. The van der Waals surface area contributed by atoms with Crippen molar-refractivity contribution in [2.75, 3.05) is 31.7 Å². The number of carboxylic acid groups (broad SMARTS) is 1. The lowest BCUT2D eigenvalue weighted by Crippen LogP contribution is -2.48. The minimum Gasteiger partial charge on any atom is -0.477 e. The highest BCUT2D eigenvalue weighted by atomic mass is 32.1. The molecule has 192 valence electrons. The zero-order chi connectivity index (χ0) is 25.8. The fourth-order valence-corrected chi connectivity index (χ4v) is 5.43. The fourth-order valence-electron chi connectivity index (χ4n) is 4.58. The van der Waals surface area contributed by atoms with Crippen molar-refractivity contribution in [3.05, 3.63) is 15.8 Å². The molecule has 2 amide bonds. The maximum atomic E-state index is 13.8. The first kappa shape index (κ1) is 27.2. The summed E-state index contributed by atoms with van der Waals surface area (Å²) in [6.45, 7) is 9.17. The molecule has 1 aromatic heterocycles. The third-order valence-electron chi connectivity index (χ3n) is 6.81. The second-order valence-corrected chi connectivity index (χ2v) is 11.9. The summed E-state index contributed by atoms with van der Waals surface area (Å²) in [5.74, 6) is 5.08. The third kappa shape index (κ3) is 7.31. The average molecular weight is 503 g/mol. The topological polar surface area (TPSA) is 87.2 Å². The Labute approximate surface area is 212 Å². The summed E-state index contributed by atoms with van der Waals surface area (Å²) in [4.78, 5) is 43.0. The molecule has 3 rings (SSSR count). The summed E-state index contributed by atoms with van der Waals surface area (Å²) in [6.07, 6.45) is 4.92. The fraction of sp³-hybridized carbons (Fsp3) is 0.667. The molecule has 0 unspecified atom stereocenters. The quantitative estimate of drug-likeness (QED) is 0.573. The monoisotopic (exact) mass is 502 g/mol. The highest BCUT2D eigenvalue weighted by Gasteiger charge is 2.34. The first-order valence-corrected chi connectivity index (χ1v) is 13.3. The average Bonchev–Trinajstić information content (AvgIpc) is 3.25. The number of anilines is 1. The zero-order valence-electron chi connectivity index (χ0n) is 21.6. The van der Waals surface area contributed by atoms with Crippen molar-refractivity contribution in [3.8, 4) is 11.8 Å². The number of hydrogen-bond acceptors (Lipinski definition) is 5. The third-order valence-corrected chi connectivity index (χ3v) is 7.84. The Hall–Kier alpha value is -2.37. The summed E-state index contributed by atoms with van der Waals surface area (Å²) >= 11 is 1.06. The standard InChI is InChI=1S/C27H38N2O5S/c1-18-6-8-19(9-7-18)25(31)29(17-23(30)28(5)20-11-14-34-15-12-20)22-16-21(10-13-27(2,3)4)35-24(22)26(32)33/h16,18-20H,6-9,11-12,14-15,17H2,1-5H3,(H,32,33). The highest BCUT2D eigenvalue weighted by molar-refractivity contribution is 7.15. The number of thiophene rings is 1. The normalized spacial score (nSPS) is 21.1. The number of amides is 2. The Morgan fingerprint density at radius 1 is 1.11 bits per heavy atom. The molecule has 2 heterocycles. The van der Waals surface area contributed by atoms with Gasteiger partial charge in [0.25, 0.3) is 0 Å². The van der Waals surface area contributed by atoms with Gasteiger partial charge in [0.1, 0.15) is 11.4 Å². The molecule has 35 heavy (non-hydrogen) atoms. The van der Waals surface area contributed by atoms with Gasteiger partial charge < -0.3 is 19.6 Å². The van der Waals surface area contributed by atoms with Gasteiger partial charge in [-0.25, -0.2) is 4.79 Å². The number of nitrogens with zero attached hydrogens (tertiary/aromatic N) is 2. The molecular formula is C27H38N2O5S. The molecule has 2 fully saturated rings. The summed E-state index contributed by atoms with van der Waals surface area (Å²) in [7, 11) is 1.76. The van der Waals surface area contributed by atoms with E-state index in [-0.39, 0.29) is 46.3 Å². The van der Waals surface area contributed by atoms with Crippen LogP contribution in [0, 0.1) is 29.1 Å². The van der Waals surface area contributed by atoms with Crippen LogP contribution < -0.4 is 4.90 Å². The van der Waals surface area contributed by atoms with Crippen molar-refractivity contribution in [1.82, 2.24) is 4.90 Å². The molecule has 1 aliphatic carbocycles. The molecule has 1 aromatic rings. The van der Waals surface area contributed by atoms with Crippen LogP contribution in [0.1, 0.15) is 80.8 Å². The molecule has 0 atom stereocenters. The van der Waals surface area contributed by atoms with Crippen LogP contribution in [-0.2, 0) is 14.3 Å². The molecule has 7 nitrogen and oxygen atoms in total. The van der Waals surface area contributed by atoms with Crippen molar-refractivity contribution in [1.29, 1.82) is 0 Å². The Morgan fingerprint density at radius 2 is 1.74 bits per heavy atom. The molecule has 8 heteroatoms. The van der Waals surface area contributed by atoms with Crippen LogP contribution in [0.5, 0.6) is 0 Å². The van der Waals surface area contributed by atoms with E-state index in [4.69, 9.17) is 4.74 Å². The smallest absolute Gasteiger partial charge is 0.348 e. The number of hydrogen-bond donors (Lipinski definition) is 1. The van der Waals surface area contributed by atoms with Gasteiger partial charge in [-0.05, 0) is 71.3 Å². The van der Waals surface area contributed by atoms with Crippen molar-refractivity contribution < 1.29 is 24.2 Å². The van der Waals surface area contributed by atoms with Gasteiger partial charge in [-0.3, -0.25) is 9.59 Å². The van der Waals surface area contributed by atoms with Gasteiger partial charge in [-0.2, -0.15) is 0 Å². The van der Waals surface area contributed by atoms with Gasteiger partial charge in [0.05, 0.1) is 10.6 Å². The van der Waals surface area contributed by atoms with Crippen LogP contribution in [0.4, 0.5) is 5.69 Å². The van der Waals surface area contributed by atoms with Crippen LogP contribution in [0.25, 0.3) is 0 Å². The number of carbonyl (C=O) groups excluding carboxylic acids is 2. The van der Waals surface area contributed by atoms with Crippen LogP contribution in [0.2, 0.25) is 0 Å². The van der Waals surface area contributed by atoms with Gasteiger partial charge in [0.2, 0.25) is 11.8 Å². The SMILES string of the molecule is CC1CCC(C(=O)N(CC(=O)N(C)C2CCOCC2)c2cc(C#CC(C)(C)C)sc2C(=O)O)CC1. The van der Waals surface area contributed by atoms with Crippen LogP contribution in [0.15, 0.2) is 6.07 Å². The van der Waals surface area contributed by atoms with E-state index in [0.717, 1.165) is 49.9 Å². The van der Waals surface area contributed by atoms with Gasteiger partial charge in [0.15, 0.2) is 0 Å². The van der Waals surface area contributed by atoms with Crippen LogP contribution in [-0.4, -0.2) is 60.6 Å². The van der Waals surface area contributed by atoms with Gasteiger partial charge in [-0.1, -0.05) is 18.8 Å². The lowest BCUT2D eigenvalue weighted by atomic mass is 9.82. The summed E-state index contributed by atoms with van der Waals surface area (Å²) < 4.78 is 5.42. The molecule has 2 aliphatic rings. The van der Waals surface area contributed by atoms with E-state index >= 15 is 0 Å². The van der Waals surface area contributed by atoms with Crippen LogP contribution in [0.3, 0.4) is 0 Å². The Morgan fingerprint density at radius 3 is 2.31 bits per heavy atom. The van der Waals surface area contributed by atoms with Crippen LogP contribution >= 0.6 is 11.3 Å². The summed E-state index contributed by atoms with van der Waals surface area (Å²) in [5.41, 5.74) is 0.0302. The van der Waals surface area contributed by atoms with Gasteiger partial charge in [0, 0.05) is 37.6 Å². The molecule has 0 aromatic carbocycles. The molecule has 0 radical (unpaired) electrons. The number of ether oxygens (including phenoxy) is 1. The van der Waals surface area contributed by atoms with Crippen molar-refractivity contribution in [2.24, 2.45) is 17.3 Å². The Bertz CT molecular complexity index is 985. The summed E-state index contributed by atoms with van der Waals surface area (Å²) in [6, 6.07) is 1.72. The van der Waals surface area contributed by atoms with E-state index in [2.05, 4.69) is 18.8 Å². The second kappa shape index (κ2) is 11.6. The van der Waals surface area contributed by atoms with E-state index in [0.29, 0.717) is 24.0 Å². The molecule has 0 bridgehead atoms. The second-order valence-electron chi connectivity index (χ2n) is 10.9. The number of carbonyl (C=O) groups is 3. The predicted octanol–water partition coefficient (Wildman–Crippen LogP) is 4.64. The zero-order valence-corrected chi connectivity index (χ0v) is 22.4.